The van der Waals surface area contributed by atoms with Gasteiger partial charge >= 0.3 is 6.18 Å². The number of halogens is 3. The first-order chi connectivity index (χ1) is 19.9. The molecule has 1 N–H and O–H groups in total. The molecule has 15 heteroatoms. The lowest BCUT2D eigenvalue weighted by atomic mass is 9.89. The van der Waals surface area contributed by atoms with E-state index >= 15 is 0 Å². The number of ether oxygens (including phenoxy) is 1. The molecule has 1 aliphatic heterocycles. The van der Waals surface area contributed by atoms with Gasteiger partial charge in [0.2, 0.25) is 5.88 Å². The summed E-state index contributed by atoms with van der Waals surface area (Å²) in [5.41, 5.74) is -1.95. The van der Waals surface area contributed by atoms with Gasteiger partial charge in [0.15, 0.2) is 5.82 Å². The molecule has 3 aromatic heterocycles. The van der Waals surface area contributed by atoms with Crippen LogP contribution < -0.4 is 14.4 Å². The lowest BCUT2D eigenvalue weighted by Gasteiger charge is -2.34. The maximum Gasteiger partial charge on any atom is 0.397 e. The minimum atomic E-state index is -4.35. The Morgan fingerprint density at radius 3 is 2.44 bits per heavy atom. The molecule has 3 aromatic rings. The molecule has 1 saturated heterocycles. The monoisotopic (exact) mass is 623 g/mol. The van der Waals surface area contributed by atoms with E-state index in [2.05, 4.69) is 28.8 Å². The Morgan fingerprint density at radius 2 is 1.88 bits per heavy atom. The highest BCUT2D eigenvalue weighted by atomic mass is 32.2. The van der Waals surface area contributed by atoms with Crippen LogP contribution in [0.15, 0.2) is 35.5 Å². The first-order valence-electron chi connectivity index (χ1n) is 14.0. The Balaban J connectivity index is 1.47. The van der Waals surface area contributed by atoms with Crippen molar-refractivity contribution in [2.75, 3.05) is 18.1 Å². The van der Waals surface area contributed by atoms with E-state index in [-0.39, 0.29) is 46.5 Å². The standard InChI is InChI=1S/C28H36F3N7O4S/c1-17(2)19-13-26(4,5)37(14-19)24-20(25(39)35-43(40,41)21-15-36(6)33-18(21)3)7-8-22(32-24)38-12-9-23(34-38)42-16-27(10-11-27)28(29,30)31/h7-9,12,15,17,19H,10-11,13-14,16H2,1-6H3,(H,35,39)/t19-/m1/s1. The minimum absolute atomic E-state index is 0.0139. The molecule has 1 saturated carbocycles. The third-order valence-corrected chi connectivity index (χ3v) is 9.88. The zero-order chi connectivity index (χ0) is 31.5. The molecule has 0 radical (unpaired) electrons. The van der Waals surface area contributed by atoms with Gasteiger partial charge in [-0.1, -0.05) is 13.8 Å². The van der Waals surface area contributed by atoms with Gasteiger partial charge in [-0.2, -0.15) is 18.3 Å². The molecule has 43 heavy (non-hydrogen) atoms. The predicted octanol–water partition coefficient (Wildman–Crippen LogP) is 4.41. The van der Waals surface area contributed by atoms with Crippen molar-refractivity contribution in [1.82, 2.24) is 29.3 Å². The van der Waals surface area contributed by atoms with E-state index in [0.717, 1.165) is 6.42 Å². The van der Waals surface area contributed by atoms with Crippen molar-refractivity contribution < 1.29 is 31.1 Å². The summed E-state index contributed by atoms with van der Waals surface area (Å²) in [6, 6.07) is 4.42. The second kappa shape index (κ2) is 10.5. The summed E-state index contributed by atoms with van der Waals surface area (Å²) in [5.74, 6) is 0.371. The van der Waals surface area contributed by atoms with Crippen LogP contribution in [0.25, 0.3) is 5.82 Å². The quantitative estimate of drug-likeness (QED) is 0.372. The number of pyridine rings is 1. The molecule has 1 aliphatic carbocycles. The summed E-state index contributed by atoms with van der Waals surface area (Å²) in [6.07, 6.45) is -0.653. The predicted molar refractivity (Wildman–Crippen MR) is 152 cm³/mol. The van der Waals surface area contributed by atoms with Gasteiger partial charge < -0.3 is 9.64 Å². The van der Waals surface area contributed by atoms with E-state index in [1.807, 2.05) is 18.7 Å². The average molecular weight is 624 g/mol. The van der Waals surface area contributed by atoms with Crippen LogP contribution in [0.1, 0.15) is 63.0 Å². The van der Waals surface area contributed by atoms with Gasteiger partial charge in [0.05, 0.1) is 11.3 Å². The molecule has 2 aliphatic rings. The maximum atomic E-state index is 13.6. The number of sulfonamides is 1. The number of hydrogen-bond donors (Lipinski definition) is 1. The van der Waals surface area contributed by atoms with Crippen molar-refractivity contribution in [2.45, 2.75) is 70.5 Å². The number of nitrogens with zero attached hydrogens (tertiary/aromatic N) is 6. The van der Waals surface area contributed by atoms with E-state index in [9.17, 15) is 26.4 Å². The van der Waals surface area contributed by atoms with Crippen LogP contribution in [0.2, 0.25) is 0 Å². The molecule has 2 fully saturated rings. The van der Waals surface area contributed by atoms with Gasteiger partial charge in [0, 0.05) is 37.6 Å². The van der Waals surface area contributed by atoms with Crippen LogP contribution in [0.5, 0.6) is 5.88 Å². The van der Waals surface area contributed by atoms with E-state index in [1.165, 1.54) is 46.9 Å². The summed E-state index contributed by atoms with van der Waals surface area (Å²) in [4.78, 5) is 20.2. The SMILES string of the molecule is Cc1nn(C)cc1S(=O)(=O)NC(=O)c1ccc(-n2ccc(OCC3(C(F)(F)F)CC3)n2)nc1N1C[C@H](C(C)C)CC1(C)C. The summed E-state index contributed by atoms with van der Waals surface area (Å²) >= 11 is 0. The van der Waals surface area contributed by atoms with Crippen LogP contribution in [0.3, 0.4) is 0 Å². The van der Waals surface area contributed by atoms with Crippen LogP contribution in [-0.2, 0) is 17.1 Å². The highest BCUT2D eigenvalue weighted by Crippen LogP contribution is 2.57. The molecule has 234 valence electrons. The van der Waals surface area contributed by atoms with Gasteiger partial charge in [0.25, 0.3) is 15.9 Å². The van der Waals surface area contributed by atoms with Gasteiger partial charge in [-0.3, -0.25) is 9.48 Å². The molecule has 0 spiro atoms. The fourth-order valence-corrected chi connectivity index (χ4v) is 6.71. The Morgan fingerprint density at radius 1 is 1.19 bits per heavy atom. The van der Waals surface area contributed by atoms with Gasteiger partial charge in [0.1, 0.15) is 22.7 Å². The number of aryl methyl sites for hydroxylation is 2. The van der Waals surface area contributed by atoms with Crippen LogP contribution in [0.4, 0.5) is 19.0 Å². The van der Waals surface area contributed by atoms with Gasteiger partial charge in [-0.15, -0.1) is 5.10 Å². The van der Waals surface area contributed by atoms with Crippen LogP contribution >= 0.6 is 0 Å². The van der Waals surface area contributed by atoms with E-state index in [4.69, 9.17) is 9.72 Å². The first-order valence-corrected chi connectivity index (χ1v) is 15.5. The lowest BCUT2D eigenvalue weighted by molar-refractivity contribution is -0.194. The molecular weight excluding hydrogens is 587 g/mol. The molecule has 1 amide bonds. The summed E-state index contributed by atoms with van der Waals surface area (Å²) in [5, 5.41) is 8.33. The van der Waals surface area contributed by atoms with Crippen molar-refractivity contribution in [2.24, 2.45) is 24.3 Å². The van der Waals surface area contributed by atoms with E-state index in [0.29, 0.717) is 18.4 Å². The number of carbonyl (C=O) groups excluding carboxylic acids is 1. The third kappa shape index (κ3) is 5.95. The van der Waals surface area contributed by atoms with Gasteiger partial charge in [-0.25, -0.2) is 22.8 Å². The van der Waals surface area contributed by atoms with Crippen LogP contribution in [-0.4, -0.2) is 63.7 Å². The molecule has 0 bridgehead atoms. The molecule has 4 heterocycles. The number of carbonyl (C=O) groups is 1. The fourth-order valence-electron chi connectivity index (χ4n) is 5.52. The zero-order valence-electron chi connectivity index (χ0n) is 24.9. The molecule has 1 atom stereocenters. The average Bonchev–Trinajstić information content (AvgIpc) is 3.24. The molecule has 11 nitrogen and oxygen atoms in total. The third-order valence-electron chi connectivity index (χ3n) is 8.45. The smallest absolute Gasteiger partial charge is 0.397 e. The topological polar surface area (TPSA) is 124 Å². The largest absolute Gasteiger partial charge is 0.476 e. The van der Waals surface area contributed by atoms with Gasteiger partial charge in [-0.05, 0) is 64.0 Å². The molecule has 5 rings (SSSR count). The molecular formula is C28H36F3N7O4S. The summed E-state index contributed by atoms with van der Waals surface area (Å²) < 4.78 is 76.5. The van der Waals surface area contributed by atoms with Crippen LogP contribution in [0, 0.1) is 24.2 Å². The minimum Gasteiger partial charge on any atom is -0.476 e. The lowest BCUT2D eigenvalue weighted by Crippen LogP contribution is -2.41. The number of anilines is 1. The second-order valence-electron chi connectivity index (χ2n) is 12.5. The Bertz CT molecular complexity index is 1640. The number of alkyl halides is 3. The van der Waals surface area contributed by atoms with Crippen molar-refractivity contribution in [3.8, 4) is 11.7 Å². The first kappa shape index (κ1) is 30.8. The Labute approximate surface area is 248 Å². The molecule has 0 aromatic carbocycles. The van der Waals surface area contributed by atoms with E-state index in [1.54, 1.807) is 7.05 Å². The van der Waals surface area contributed by atoms with Crippen molar-refractivity contribution >= 4 is 21.7 Å². The Kier molecular flexibility index (Phi) is 7.55. The highest BCUT2D eigenvalue weighted by molar-refractivity contribution is 7.90. The number of rotatable bonds is 9. The van der Waals surface area contributed by atoms with Crippen molar-refractivity contribution in [3.05, 3.63) is 41.9 Å². The van der Waals surface area contributed by atoms with Crippen molar-refractivity contribution in [1.29, 1.82) is 0 Å². The summed E-state index contributed by atoms with van der Waals surface area (Å²) in [6.45, 7) is 9.93. The fraction of sp³-hybridized carbons (Fsp3) is 0.571. The Hall–Kier alpha value is -3.62. The number of aromatic nitrogens is 5. The number of nitrogens with one attached hydrogen (secondary N) is 1. The molecule has 0 unspecified atom stereocenters. The number of hydrogen-bond acceptors (Lipinski definition) is 8. The normalized spacial score (nSPS) is 19.6. The number of amides is 1. The zero-order valence-corrected chi connectivity index (χ0v) is 25.8. The maximum absolute atomic E-state index is 13.6. The summed E-state index contributed by atoms with van der Waals surface area (Å²) in [7, 11) is -2.65. The highest BCUT2D eigenvalue weighted by Gasteiger charge is 2.64. The van der Waals surface area contributed by atoms with Crippen molar-refractivity contribution in [3.63, 3.8) is 0 Å². The van der Waals surface area contributed by atoms with E-state index < -0.39 is 39.7 Å². The second-order valence-corrected chi connectivity index (χ2v) is 14.2.